The van der Waals surface area contributed by atoms with Gasteiger partial charge in [0.2, 0.25) is 15.9 Å². The van der Waals surface area contributed by atoms with Crippen LogP contribution in [0.25, 0.3) is 0 Å². The molecule has 0 atom stereocenters. The molecule has 0 heterocycles. The van der Waals surface area contributed by atoms with Gasteiger partial charge in [-0.1, -0.05) is 91.0 Å². The van der Waals surface area contributed by atoms with Crippen LogP contribution in [0.15, 0.2) is 91.0 Å². The zero-order chi connectivity index (χ0) is 20.7. The first-order valence-corrected chi connectivity index (χ1v) is 11.2. The van der Waals surface area contributed by atoms with Crippen molar-refractivity contribution in [2.75, 3.05) is 12.8 Å². The molecule has 1 amide bonds. The first kappa shape index (κ1) is 20.8. The molecule has 3 aromatic carbocycles. The van der Waals surface area contributed by atoms with Crippen molar-refractivity contribution in [1.82, 2.24) is 9.62 Å². The summed E-state index contributed by atoms with van der Waals surface area (Å²) in [6.07, 6.45) is 1.12. The Bertz CT molecular complexity index is 984. The van der Waals surface area contributed by atoms with Crippen molar-refractivity contribution in [3.63, 3.8) is 0 Å². The third-order valence-corrected chi connectivity index (χ3v) is 5.76. The summed E-state index contributed by atoms with van der Waals surface area (Å²) in [4.78, 5) is 12.8. The number of nitrogens with one attached hydrogen (secondary N) is 1. The second-order valence-corrected chi connectivity index (χ2v) is 8.82. The van der Waals surface area contributed by atoms with Crippen LogP contribution in [0.4, 0.5) is 0 Å². The minimum atomic E-state index is -3.55. The monoisotopic (exact) mass is 408 g/mol. The second-order valence-electron chi connectivity index (χ2n) is 6.84. The number of hydrogen-bond acceptors (Lipinski definition) is 3. The predicted molar refractivity (Wildman–Crippen MR) is 115 cm³/mol. The van der Waals surface area contributed by atoms with Gasteiger partial charge in [0.15, 0.2) is 0 Å². The molecule has 0 radical (unpaired) electrons. The van der Waals surface area contributed by atoms with Crippen LogP contribution in [0.1, 0.15) is 22.7 Å². The number of benzene rings is 3. The van der Waals surface area contributed by atoms with Crippen LogP contribution in [0.3, 0.4) is 0 Å². The summed E-state index contributed by atoms with van der Waals surface area (Å²) in [5, 5.41) is 2.99. The number of hydrogen-bond donors (Lipinski definition) is 1. The summed E-state index contributed by atoms with van der Waals surface area (Å²) >= 11 is 0. The zero-order valence-corrected chi connectivity index (χ0v) is 17.0. The fraction of sp³-hybridized carbons (Fsp3) is 0.174. The highest BCUT2D eigenvalue weighted by molar-refractivity contribution is 7.88. The lowest BCUT2D eigenvalue weighted by atomic mass is 9.99. The quantitative estimate of drug-likeness (QED) is 0.622. The molecular formula is C23H24N2O3S. The van der Waals surface area contributed by atoms with E-state index in [2.05, 4.69) is 5.32 Å². The van der Waals surface area contributed by atoms with Crippen LogP contribution < -0.4 is 5.32 Å². The Balaban J connectivity index is 1.79. The molecule has 150 valence electrons. The van der Waals surface area contributed by atoms with Gasteiger partial charge in [-0.3, -0.25) is 4.79 Å². The van der Waals surface area contributed by atoms with Crippen LogP contribution in [-0.4, -0.2) is 31.4 Å². The average Bonchev–Trinajstić information content (AvgIpc) is 2.73. The molecule has 5 nitrogen and oxygen atoms in total. The third-order valence-electron chi connectivity index (χ3n) is 4.56. The van der Waals surface area contributed by atoms with Gasteiger partial charge in [0, 0.05) is 6.54 Å². The molecule has 6 heteroatoms. The van der Waals surface area contributed by atoms with Gasteiger partial charge in [-0.15, -0.1) is 0 Å². The fourth-order valence-electron chi connectivity index (χ4n) is 3.09. The molecule has 3 aromatic rings. The van der Waals surface area contributed by atoms with Gasteiger partial charge in [-0.05, 0) is 16.7 Å². The number of carbonyl (C=O) groups excluding carboxylic acids is 1. The summed E-state index contributed by atoms with van der Waals surface area (Å²) in [7, 11) is -3.55. The van der Waals surface area contributed by atoms with Crippen LogP contribution >= 0.6 is 0 Å². The highest BCUT2D eigenvalue weighted by Gasteiger charge is 2.23. The smallest absolute Gasteiger partial charge is 0.236 e. The maximum atomic E-state index is 12.8. The normalized spacial score (nSPS) is 11.6. The van der Waals surface area contributed by atoms with Gasteiger partial charge in [-0.2, -0.15) is 4.31 Å². The first-order valence-electron chi connectivity index (χ1n) is 9.32. The number of rotatable bonds is 8. The van der Waals surface area contributed by atoms with E-state index in [1.54, 1.807) is 0 Å². The Morgan fingerprint density at radius 1 is 0.828 bits per heavy atom. The first-order chi connectivity index (χ1) is 13.9. The van der Waals surface area contributed by atoms with Gasteiger partial charge in [0.1, 0.15) is 0 Å². The topological polar surface area (TPSA) is 66.5 Å². The molecule has 0 aliphatic heterocycles. The van der Waals surface area contributed by atoms with Gasteiger partial charge in [0.05, 0.1) is 18.8 Å². The van der Waals surface area contributed by atoms with Gasteiger partial charge >= 0.3 is 0 Å². The number of nitrogens with zero attached hydrogens (tertiary/aromatic N) is 1. The Labute approximate surface area is 172 Å². The van der Waals surface area contributed by atoms with Crippen molar-refractivity contribution in [2.45, 2.75) is 12.6 Å². The Morgan fingerprint density at radius 3 is 1.72 bits per heavy atom. The lowest BCUT2D eigenvalue weighted by Crippen LogP contribution is -2.41. The number of amides is 1. The average molecular weight is 409 g/mol. The largest absolute Gasteiger partial charge is 0.344 e. The molecule has 3 rings (SSSR count). The van der Waals surface area contributed by atoms with Crippen LogP contribution in [0.2, 0.25) is 0 Å². The number of carbonyl (C=O) groups is 1. The van der Waals surface area contributed by atoms with Gasteiger partial charge < -0.3 is 5.32 Å². The van der Waals surface area contributed by atoms with E-state index in [-0.39, 0.29) is 25.0 Å². The van der Waals surface area contributed by atoms with E-state index in [4.69, 9.17) is 0 Å². The predicted octanol–water partition coefficient (Wildman–Crippen LogP) is 3.35. The van der Waals surface area contributed by atoms with E-state index in [1.165, 1.54) is 4.31 Å². The Hall–Kier alpha value is -2.96. The summed E-state index contributed by atoms with van der Waals surface area (Å²) < 4.78 is 25.7. The lowest BCUT2D eigenvalue weighted by molar-refractivity contribution is -0.121. The van der Waals surface area contributed by atoms with Crippen molar-refractivity contribution >= 4 is 15.9 Å². The second kappa shape index (κ2) is 9.49. The summed E-state index contributed by atoms with van der Waals surface area (Å²) in [5.41, 5.74) is 2.69. The minimum absolute atomic E-state index is 0.147. The standard InChI is InChI=1S/C23H24N2O3S/c1-29(27,28)25(17-19-11-5-2-6-12-19)18-22(26)24-23(20-13-7-3-8-14-20)21-15-9-4-10-16-21/h2-16,23H,17-18H2,1H3,(H,24,26). The van der Waals surface area contributed by atoms with E-state index in [0.29, 0.717) is 0 Å². The molecule has 0 aliphatic rings. The number of sulfonamides is 1. The molecule has 29 heavy (non-hydrogen) atoms. The molecule has 0 aromatic heterocycles. The minimum Gasteiger partial charge on any atom is -0.344 e. The highest BCUT2D eigenvalue weighted by Crippen LogP contribution is 2.21. The van der Waals surface area contributed by atoms with E-state index >= 15 is 0 Å². The maximum absolute atomic E-state index is 12.8. The summed E-state index contributed by atoms with van der Waals surface area (Å²) in [6.45, 7) is -0.0989. The van der Waals surface area contributed by atoms with Crippen molar-refractivity contribution in [3.05, 3.63) is 108 Å². The fourth-order valence-corrected chi connectivity index (χ4v) is 3.83. The lowest BCUT2D eigenvalue weighted by Gasteiger charge is -2.23. The molecule has 0 bridgehead atoms. The van der Waals surface area contributed by atoms with Gasteiger partial charge in [-0.25, -0.2) is 8.42 Å². The molecule has 0 spiro atoms. The van der Waals surface area contributed by atoms with Crippen LogP contribution in [-0.2, 0) is 21.4 Å². The Morgan fingerprint density at radius 2 is 1.28 bits per heavy atom. The highest BCUT2D eigenvalue weighted by atomic mass is 32.2. The van der Waals surface area contributed by atoms with E-state index in [9.17, 15) is 13.2 Å². The van der Waals surface area contributed by atoms with E-state index < -0.39 is 10.0 Å². The molecule has 0 saturated heterocycles. The zero-order valence-electron chi connectivity index (χ0n) is 16.2. The summed E-state index contributed by atoms with van der Waals surface area (Å²) in [5.74, 6) is -0.357. The molecule has 0 unspecified atom stereocenters. The molecule has 0 aliphatic carbocycles. The molecule has 1 N–H and O–H groups in total. The maximum Gasteiger partial charge on any atom is 0.236 e. The SMILES string of the molecule is CS(=O)(=O)N(CC(=O)NC(c1ccccc1)c1ccccc1)Cc1ccccc1. The van der Waals surface area contributed by atoms with E-state index in [1.807, 2.05) is 91.0 Å². The summed E-state index contributed by atoms with van der Waals surface area (Å²) in [6, 6.07) is 28.1. The molecule has 0 fully saturated rings. The Kier molecular flexibility index (Phi) is 6.80. The van der Waals surface area contributed by atoms with Crippen LogP contribution in [0, 0.1) is 0 Å². The molecule has 0 saturated carbocycles. The van der Waals surface area contributed by atoms with Crippen molar-refractivity contribution in [2.24, 2.45) is 0 Å². The van der Waals surface area contributed by atoms with Gasteiger partial charge in [0.25, 0.3) is 0 Å². The third kappa shape index (κ3) is 6.01. The molecular weight excluding hydrogens is 384 g/mol. The van der Waals surface area contributed by atoms with Crippen LogP contribution in [0.5, 0.6) is 0 Å². The van der Waals surface area contributed by atoms with Crippen molar-refractivity contribution < 1.29 is 13.2 Å². The van der Waals surface area contributed by atoms with E-state index in [0.717, 1.165) is 22.9 Å². The van der Waals surface area contributed by atoms with Crippen molar-refractivity contribution in [3.8, 4) is 0 Å². The van der Waals surface area contributed by atoms with Crippen molar-refractivity contribution in [1.29, 1.82) is 0 Å².